The van der Waals surface area contributed by atoms with Gasteiger partial charge in [-0.15, -0.1) is 0 Å². The zero-order chi connectivity index (χ0) is 15.2. The summed E-state index contributed by atoms with van der Waals surface area (Å²) in [5, 5.41) is 2.96. The molecule has 0 aliphatic rings. The molecule has 1 amide bonds. The third-order valence-corrected chi connectivity index (χ3v) is 3.23. The van der Waals surface area contributed by atoms with Gasteiger partial charge in [-0.3, -0.25) is 9.78 Å². The van der Waals surface area contributed by atoms with Crippen LogP contribution in [0.5, 0.6) is 0 Å². The van der Waals surface area contributed by atoms with Gasteiger partial charge >= 0.3 is 0 Å². The molecule has 21 heavy (non-hydrogen) atoms. The van der Waals surface area contributed by atoms with Gasteiger partial charge in [-0.2, -0.15) is 0 Å². The number of nitrogens with zero attached hydrogens (tertiary/aromatic N) is 3. The Bertz CT molecular complexity index is 627. The van der Waals surface area contributed by atoms with Gasteiger partial charge in [0.15, 0.2) is 0 Å². The van der Waals surface area contributed by atoms with E-state index in [2.05, 4.69) is 27.2 Å². The quantitative estimate of drug-likeness (QED) is 0.916. The minimum Gasteiger partial charge on any atom is -0.344 e. The molecule has 0 aliphatic heterocycles. The van der Waals surface area contributed by atoms with E-state index in [0.29, 0.717) is 5.56 Å². The first-order chi connectivity index (χ1) is 10.1. The number of carbonyl (C=O) groups excluding carboxylic acids is 1. The lowest BCUT2D eigenvalue weighted by Gasteiger charge is -2.15. The number of aromatic nitrogens is 3. The van der Waals surface area contributed by atoms with Gasteiger partial charge in [-0.05, 0) is 32.4 Å². The molecule has 0 saturated heterocycles. The summed E-state index contributed by atoms with van der Waals surface area (Å²) < 4.78 is 0. The second kappa shape index (κ2) is 6.92. The lowest BCUT2D eigenvalue weighted by atomic mass is 10.1. The summed E-state index contributed by atoms with van der Waals surface area (Å²) in [4.78, 5) is 25.0. The summed E-state index contributed by atoms with van der Waals surface area (Å²) in [5.41, 5.74) is 3.11. The van der Waals surface area contributed by atoms with E-state index in [-0.39, 0.29) is 11.9 Å². The van der Waals surface area contributed by atoms with Crippen LogP contribution in [0.1, 0.15) is 53.7 Å². The van der Waals surface area contributed by atoms with Crippen molar-refractivity contribution in [2.45, 2.75) is 39.7 Å². The first-order valence-electron chi connectivity index (χ1n) is 7.15. The van der Waals surface area contributed by atoms with Gasteiger partial charge in [0.05, 0.1) is 23.0 Å². The minimum atomic E-state index is -0.160. The van der Waals surface area contributed by atoms with E-state index in [9.17, 15) is 4.79 Å². The minimum absolute atomic E-state index is 0.158. The molecule has 2 heterocycles. The number of hydrogen-bond acceptors (Lipinski definition) is 4. The second-order valence-electron chi connectivity index (χ2n) is 5.03. The molecule has 2 rings (SSSR count). The highest BCUT2D eigenvalue weighted by Gasteiger charge is 2.16. The highest BCUT2D eigenvalue weighted by atomic mass is 16.1. The molecule has 0 fully saturated rings. The third-order valence-electron chi connectivity index (χ3n) is 3.23. The van der Waals surface area contributed by atoms with Gasteiger partial charge in [0, 0.05) is 11.9 Å². The number of carbonyl (C=O) groups is 1. The zero-order valence-corrected chi connectivity index (χ0v) is 12.6. The average molecular weight is 284 g/mol. The van der Waals surface area contributed by atoms with Crippen molar-refractivity contribution in [2.24, 2.45) is 0 Å². The fraction of sp³-hybridized carbons (Fsp3) is 0.375. The first-order valence-corrected chi connectivity index (χ1v) is 7.15. The summed E-state index contributed by atoms with van der Waals surface area (Å²) in [5.74, 6) is -0.158. The number of rotatable bonds is 5. The van der Waals surface area contributed by atoms with Crippen molar-refractivity contribution in [1.82, 2.24) is 20.3 Å². The van der Waals surface area contributed by atoms with Gasteiger partial charge in [-0.25, -0.2) is 9.97 Å². The van der Waals surface area contributed by atoms with Crippen molar-refractivity contribution in [3.8, 4) is 0 Å². The molecule has 5 nitrogen and oxygen atoms in total. The van der Waals surface area contributed by atoms with Crippen LogP contribution in [0.25, 0.3) is 0 Å². The molecule has 0 unspecified atom stereocenters. The summed E-state index contributed by atoms with van der Waals surface area (Å²) >= 11 is 0. The van der Waals surface area contributed by atoms with Crippen molar-refractivity contribution in [2.75, 3.05) is 0 Å². The summed E-state index contributed by atoms with van der Waals surface area (Å²) in [6.45, 7) is 5.91. The van der Waals surface area contributed by atoms with Gasteiger partial charge < -0.3 is 5.32 Å². The Hall–Kier alpha value is -2.30. The molecular formula is C16H20N4O. The van der Waals surface area contributed by atoms with Crippen LogP contribution in [0.15, 0.2) is 30.7 Å². The van der Waals surface area contributed by atoms with Crippen molar-refractivity contribution >= 4 is 5.91 Å². The van der Waals surface area contributed by atoms with Crippen LogP contribution in [0, 0.1) is 6.92 Å². The van der Waals surface area contributed by atoms with Gasteiger partial charge in [0.1, 0.15) is 6.33 Å². The van der Waals surface area contributed by atoms with Crippen LogP contribution in [0.3, 0.4) is 0 Å². The van der Waals surface area contributed by atoms with E-state index in [1.165, 1.54) is 6.33 Å². The first kappa shape index (κ1) is 15.1. The maximum Gasteiger partial charge on any atom is 0.255 e. The molecule has 1 atom stereocenters. The number of hydrogen-bond donors (Lipinski definition) is 1. The predicted octanol–water partition coefficient (Wildman–Crippen LogP) is 2.62. The molecule has 1 N–H and O–H groups in total. The van der Waals surface area contributed by atoms with Crippen LogP contribution >= 0.6 is 0 Å². The molecule has 0 aromatic carbocycles. The predicted molar refractivity (Wildman–Crippen MR) is 80.9 cm³/mol. The van der Waals surface area contributed by atoms with Crippen molar-refractivity contribution in [3.63, 3.8) is 0 Å². The summed E-state index contributed by atoms with van der Waals surface area (Å²) in [7, 11) is 0. The van der Waals surface area contributed by atoms with Crippen LogP contribution in [0.2, 0.25) is 0 Å². The standard InChI is InChI=1S/C16H20N4O/c1-4-6-15-13(9-17-10-18-15)16(21)20-12(3)14-8-5-7-11(2)19-14/h5,7-10,12H,4,6H2,1-3H3,(H,20,21)/t12-/m1/s1. The Balaban J connectivity index is 2.14. The molecule has 0 spiro atoms. The summed E-state index contributed by atoms with van der Waals surface area (Å²) in [6.07, 6.45) is 4.76. The Morgan fingerprint density at radius 2 is 2.19 bits per heavy atom. The van der Waals surface area contributed by atoms with Gasteiger partial charge in [-0.1, -0.05) is 19.4 Å². The third kappa shape index (κ3) is 3.84. The lowest BCUT2D eigenvalue weighted by Crippen LogP contribution is -2.28. The SMILES string of the molecule is CCCc1ncncc1C(=O)N[C@H](C)c1cccc(C)n1. The number of aryl methyl sites for hydroxylation is 2. The molecule has 2 aromatic heterocycles. The Morgan fingerprint density at radius 1 is 1.38 bits per heavy atom. The number of pyridine rings is 1. The fourth-order valence-electron chi connectivity index (χ4n) is 2.13. The molecule has 0 aliphatic carbocycles. The highest BCUT2D eigenvalue weighted by Crippen LogP contribution is 2.12. The Morgan fingerprint density at radius 3 is 2.90 bits per heavy atom. The van der Waals surface area contributed by atoms with E-state index >= 15 is 0 Å². The number of nitrogens with one attached hydrogen (secondary N) is 1. The van der Waals surface area contributed by atoms with Crippen LogP contribution in [-0.2, 0) is 6.42 Å². The smallest absolute Gasteiger partial charge is 0.255 e. The van der Waals surface area contributed by atoms with Crippen LogP contribution < -0.4 is 5.32 Å². The maximum atomic E-state index is 12.4. The second-order valence-corrected chi connectivity index (χ2v) is 5.03. The summed E-state index contributed by atoms with van der Waals surface area (Å²) in [6, 6.07) is 5.62. The fourth-order valence-corrected chi connectivity index (χ4v) is 2.13. The topological polar surface area (TPSA) is 67.8 Å². The van der Waals surface area contributed by atoms with E-state index in [4.69, 9.17) is 0 Å². The monoisotopic (exact) mass is 284 g/mol. The van der Waals surface area contributed by atoms with E-state index in [0.717, 1.165) is 29.9 Å². The molecule has 110 valence electrons. The Kier molecular flexibility index (Phi) is 4.98. The molecule has 0 radical (unpaired) electrons. The van der Waals surface area contributed by atoms with Gasteiger partial charge in [0.25, 0.3) is 5.91 Å². The molecule has 0 saturated carbocycles. The maximum absolute atomic E-state index is 12.4. The molecule has 2 aromatic rings. The average Bonchev–Trinajstić information content (AvgIpc) is 2.48. The van der Waals surface area contributed by atoms with Crippen LogP contribution in [-0.4, -0.2) is 20.9 Å². The normalized spacial score (nSPS) is 12.0. The number of amides is 1. The van der Waals surface area contributed by atoms with Gasteiger partial charge in [0.2, 0.25) is 0 Å². The largest absolute Gasteiger partial charge is 0.344 e. The van der Waals surface area contributed by atoms with E-state index in [1.807, 2.05) is 32.0 Å². The molecular weight excluding hydrogens is 264 g/mol. The van der Waals surface area contributed by atoms with Crippen molar-refractivity contribution in [1.29, 1.82) is 0 Å². The van der Waals surface area contributed by atoms with E-state index < -0.39 is 0 Å². The van der Waals surface area contributed by atoms with Crippen molar-refractivity contribution < 1.29 is 4.79 Å². The highest BCUT2D eigenvalue weighted by molar-refractivity contribution is 5.95. The lowest BCUT2D eigenvalue weighted by molar-refractivity contribution is 0.0937. The van der Waals surface area contributed by atoms with E-state index in [1.54, 1.807) is 6.20 Å². The van der Waals surface area contributed by atoms with Crippen molar-refractivity contribution in [3.05, 3.63) is 53.4 Å². The molecule has 5 heteroatoms. The Labute approximate surface area is 124 Å². The zero-order valence-electron chi connectivity index (χ0n) is 12.6. The molecule has 0 bridgehead atoms. The van der Waals surface area contributed by atoms with Crippen LogP contribution in [0.4, 0.5) is 0 Å².